The number of hydrogen-bond donors (Lipinski definition) is 2. The maximum atomic E-state index is 13.0. The highest BCUT2D eigenvalue weighted by Gasteiger charge is 2.34. The van der Waals surface area contributed by atoms with E-state index in [0.29, 0.717) is 28.6 Å². The van der Waals surface area contributed by atoms with Gasteiger partial charge in [-0.15, -0.1) is 11.8 Å². The molecule has 10 heteroatoms. The van der Waals surface area contributed by atoms with Gasteiger partial charge >= 0.3 is 0 Å². The number of methoxy groups -OCH3 is 1. The number of carbonyl (C=O) groups excluding carboxylic acids is 1. The van der Waals surface area contributed by atoms with Crippen molar-refractivity contribution in [3.8, 4) is 17.2 Å². The maximum absolute atomic E-state index is 13.0. The number of aromatic nitrogens is 2. The Bertz CT molecular complexity index is 1010. The molecule has 0 saturated carbocycles. The summed E-state index contributed by atoms with van der Waals surface area (Å²) in [6.45, 7) is 0.134. The number of benzene rings is 1. The first-order valence-electron chi connectivity index (χ1n) is 9.47. The largest absolute Gasteiger partial charge is 0.493 e. The van der Waals surface area contributed by atoms with E-state index in [4.69, 9.17) is 14.2 Å². The third-order valence-corrected chi connectivity index (χ3v) is 7.72. The zero-order valence-electron chi connectivity index (χ0n) is 15.9. The van der Waals surface area contributed by atoms with Crippen LogP contribution in [0.3, 0.4) is 0 Å². The molecule has 1 aromatic carbocycles. The van der Waals surface area contributed by atoms with Crippen molar-refractivity contribution >= 4 is 35.2 Å². The summed E-state index contributed by atoms with van der Waals surface area (Å²) in [5, 5.41) is 5.63. The zero-order chi connectivity index (χ0) is 20.0. The van der Waals surface area contributed by atoms with E-state index in [9.17, 15) is 9.59 Å². The van der Waals surface area contributed by atoms with E-state index in [1.165, 1.54) is 11.8 Å². The van der Waals surface area contributed by atoms with Crippen LogP contribution in [0.1, 0.15) is 35.3 Å². The Morgan fingerprint density at radius 2 is 2.03 bits per heavy atom. The Balaban J connectivity index is 1.62. The van der Waals surface area contributed by atoms with Gasteiger partial charge in [-0.1, -0.05) is 0 Å². The monoisotopic (exact) mass is 435 g/mol. The van der Waals surface area contributed by atoms with Crippen LogP contribution < -0.4 is 25.1 Å². The van der Waals surface area contributed by atoms with E-state index >= 15 is 0 Å². The molecule has 154 valence electrons. The molecule has 0 radical (unpaired) electrons. The molecule has 2 N–H and O–H groups in total. The van der Waals surface area contributed by atoms with Gasteiger partial charge in [0.2, 0.25) is 18.4 Å². The van der Waals surface area contributed by atoms with Crippen LogP contribution in [0.25, 0.3) is 0 Å². The lowest BCUT2D eigenvalue weighted by atomic mass is 10.0. The van der Waals surface area contributed by atoms with Crippen molar-refractivity contribution in [2.75, 3.05) is 36.5 Å². The number of ether oxygens (including phenoxy) is 3. The van der Waals surface area contributed by atoms with E-state index in [0.717, 1.165) is 29.9 Å². The zero-order valence-corrected chi connectivity index (χ0v) is 17.5. The summed E-state index contributed by atoms with van der Waals surface area (Å²) < 4.78 is 18.4. The summed E-state index contributed by atoms with van der Waals surface area (Å²) in [6, 6.07) is 3.91. The number of fused-ring (bicyclic) bond motifs is 2. The lowest BCUT2D eigenvalue weighted by Crippen LogP contribution is -2.22. The lowest BCUT2D eigenvalue weighted by molar-refractivity contribution is -0.113. The van der Waals surface area contributed by atoms with E-state index in [1.54, 1.807) is 7.11 Å². The van der Waals surface area contributed by atoms with Crippen molar-refractivity contribution in [3.63, 3.8) is 0 Å². The van der Waals surface area contributed by atoms with Crippen LogP contribution in [0, 0.1) is 0 Å². The molecule has 1 amide bonds. The van der Waals surface area contributed by atoms with Crippen molar-refractivity contribution in [3.05, 3.63) is 33.6 Å². The molecular weight excluding hydrogens is 414 g/mol. The van der Waals surface area contributed by atoms with E-state index in [1.807, 2.05) is 28.6 Å². The minimum absolute atomic E-state index is 0.107. The average molecular weight is 436 g/mol. The average Bonchev–Trinajstić information content (AvgIpc) is 3.28. The van der Waals surface area contributed by atoms with E-state index in [2.05, 4.69) is 10.4 Å². The minimum Gasteiger partial charge on any atom is -0.493 e. The van der Waals surface area contributed by atoms with Crippen molar-refractivity contribution in [2.24, 2.45) is 0 Å². The molecular formula is C19H21N3O5S2. The van der Waals surface area contributed by atoms with Gasteiger partial charge in [0.1, 0.15) is 5.82 Å². The second-order valence-corrected chi connectivity index (χ2v) is 9.43. The first kappa shape index (κ1) is 18.8. The van der Waals surface area contributed by atoms with Crippen molar-refractivity contribution < 1.29 is 19.0 Å². The smallest absolute Gasteiger partial charge is 0.270 e. The summed E-state index contributed by atoms with van der Waals surface area (Å²) in [4.78, 5) is 25.5. The second kappa shape index (κ2) is 7.56. The molecule has 1 unspecified atom stereocenters. The van der Waals surface area contributed by atoms with Gasteiger partial charge in [0.15, 0.2) is 11.5 Å². The number of anilines is 1. The maximum Gasteiger partial charge on any atom is 0.270 e. The molecule has 29 heavy (non-hydrogen) atoms. The Kier molecular flexibility index (Phi) is 4.91. The van der Waals surface area contributed by atoms with Gasteiger partial charge in [-0.2, -0.15) is 11.8 Å². The normalized spacial score (nSPS) is 21.4. The molecule has 4 heterocycles. The van der Waals surface area contributed by atoms with Crippen LogP contribution in [0.5, 0.6) is 17.2 Å². The third-order valence-electron chi connectivity index (χ3n) is 5.40. The summed E-state index contributed by atoms with van der Waals surface area (Å²) >= 11 is 3.34. The molecule has 1 fully saturated rings. The van der Waals surface area contributed by atoms with E-state index < -0.39 is 0 Å². The lowest BCUT2D eigenvalue weighted by Gasteiger charge is -2.24. The number of nitrogens with one attached hydrogen (secondary N) is 2. The van der Waals surface area contributed by atoms with Crippen molar-refractivity contribution in [1.29, 1.82) is 0 Å². The first-order valence-corrected chi connectivity index (χ1v) is 11.7. The predicted octanol–water partition coefficient (Wildman–Crippen LogP) is 2.76. The Labute approximate surface area is 175 Å². The molecule has 0 aliphatic carbocycles. The number of hydrogen-bond acceptors (Lipinski definition) is 7. The van der Waals surface area contributed by atoms with Gasteiger partial charge in [0.25, 0.3) is 5.56 Å². The van der Waals surface area contributed by atoms with Crippen molar-refractivity contribution in [1.82, 2.24) is 9.78 Å². The Morgan fingerprint density at radius 1 is 1.21 bits per heavy atom. The van der Waals surface area contributed by atoms with Gasteiger partial charge in [0.05, 0.1) is 29.7 Å². The number of H-pyrrole nitrogens is 1. The molecule has 8 nitrogen and oxygen atoms in total. The van der Waals surface area contributed by atoms with Crippen LogP contribution in [-0.2, 0) is 4.79 Å². The number of aromatic amines is 1. The SMILES string of the molecule is COc1cc(C2SCC(=O)Nc3c2c(=O)[nH]n3C2CCSCC2)cc2c1OCO2. The summed E-state index contributed by atoms with van der Waals surface area (Å²) in [5.41, 5.74) is 1.24. The molecule has 5 rings (SSSR count). The quantitative estimate of drug-likeness (QED) is 0.766. The van der Waals surface area contributed by atoms with Crippen LogP contribution in [-0.4, -0.2) is 46.8 Å². The second-order valence-electron chi connectivity index (χ2n) is 7.11. The van der Waals surface area contributed by atoms with Crippen LogP contribution in [0.4, 0.5) is 5.82 Å². The van der Waals surface area contributed by atoms with Gasteiger partial charge in [0, 0.05) is 0 Å². The molecule has 1 aromatic heterocycles. The van der Waals surface area contributed by atoms with Gasteiger partial charge < -0.3 is 19.5 Å². The molecule has 3 aliphatic rings. The fourth-order valence-electron chi connectivity index (χ4n) is 4.03. The topological polar surface area (TPSA) is 94.6 Å². The van der Waals surface area contributed by atoms with E-state index in [-0.39, 0.29) is 35.3 Å². The number of rotatable bonds is 3. The highest BCUT2D eigenvalue weighted by Crippen LogP contribution is 2.48. The molecule has 2 aromatic rings. The number of amides is 1. The minimum atomic E-state index is -0.324. The Morgan fingerprint density at radius 3 is 2.83 bits per heavy atom. The summed E-state index contributed by atoms with van der Waals surface area (Å²) in [6.07, 6.45) is 1.93. The highest BCUT2D eigenvalue weighted by atomic mass is 32.2. The molecule has 0 bridgehead atoms. The summed E-state index contributed by atoms with van der Waals surface area (Å²) in [5.74, 6) is 4.54. The van der Waals surface area contributed by atoms with Gasteiger partial charge in [-0.3, -0.25) is 19.4 Å². The molecule has 1 atom stereocenters. The van der Waals surface area contributed by atoms with Gasteiger partial charge in [-0.25, -0.2) is 0 Å². The standard InChI is InChI=1S/C19H21N3O5S2/c1-25-12-6-10(7-13-16(12)27-9-26-13)17-15-18(20-14(23)8-29-17)22(21-19(15)24)11-2-4-28-5-3-11/h6-7,11,17H,2-5,8-9H2,1H3,(H,20,23)(H,21,24). The fourth-order valence-corrected chi connectivity index (χ4v) is 6.21. The van der Waals surface area contributed by atoms with Crippen LogP contribution >= 0.6 is 23.5 Å². The molecule has 0 spiro atoms. The summed E-state index contributed by atoms with van der Waals surface area (Å²) in [7, 11) is 1.57. The number of thioether (sulfide) groups is 2. The fraction of sp³-hybridized carbons (Fsp3) is 0.474. The van der Waals surface area contributed by atoms with Crippen molar-refractivity contribution in [2.45, 2.75) is 24.1 Å². The Hall–Kier alpha value is -2.20. The number of carbonyl (C=O) groups is 1. The van der Waals surface area contributed by atoms with Crippen LogP contribution in [0.2, 0.25) is 0 Å². The molecule has 3 aliphatic heterocycles. The van der Waals surface area contributed by atoms with Gasteiger partial charge in [-0.05, 0) is 42.0 Å². The first-order chi connectivity index (χ1) is 14.2. The predicted molar refractivity (Wildman–Crippen MR) is 113 cm³/mol. The molecule has 1 saturated heterocycles. The third kappa shape index (κ3) is 3.28. The number of nitrogens with zero attached hydrogens (tertiary/aromatic N) is 1. The van der Waals surface area contributed by atoms with Crippen LogP contribution in [0.15, 0.2) is 16.9 Å². The highest BCUT2D eigenvalue weighted by molar-refractivity contribution is 8.00.